The highest BCUT2D eigenvalue weighted by atomic mass is 32.1. The van der Waals surface area contributed by atoms with Gasteiger partial charge in [-0.3, -0.25) is 4.79 Å². The normalized spacial score (nSPS) is 16.1. The van der Waals surface area contributed by atoms with Crippen LogP contribution in [-0.4, -0.2) is 65.3 Å². The second-order valence-corrected chi connectivity index (χ2v) is 13.2. The van der Waals surface area contributed by atoms with Crippen LogP contribution in [0.3, 0.4) is 0 Å². The Bertz CT molecular complexity index is 1380. The minimum Gasteiger partial charge on any atom is -0.444 e. The Morgan fingerprint density at radius 1 is 0.829 bits per heavy atom. The van der Waals surface area contributed by atoms with Gasteiger partial charge in [-0.25, -0.2) is 14.0 Å². The molecular formula is C31H38FN3O5S. The fourth-order valence-electron chi connectivity index (χ4n) is 4.44. The van der Waals surface area contributed by atoms with Gasteiger partial charge in [-0.05, 0) is 95.4 Å². The third-order valence-electron chi connectivity index (χ3n) is 6.46. The number of hydrogen-bond donors (Lipinski definition) is 1. The van der Waals surface area contributed by atoms with Crippen LogP contribution in [0.5, 0.6) is 0 Å². The van der Waals surface area contributed by atoms with Crippen molar-refractivity contribution >= 4 is 46.3 Å². The van der Waals surface area contributed by atoms with Gasteiger partial charge in [-0.2, -0.15) is 0 Å². The largest absolute Gasteiger partial charge is 0.444 e. The zero-order chi connectivity index (χ0) is 29.9. The lowest BCUT2D eigenvalue weighted by atomic mass is 9.99. The topological polar surface area (TPSA) is 88.2 Å². The summed E-state index contributed by atoms with van der Waals surface area (Å²) >= 11 is 1.33. The first-order valence-corrected chi connectivity index (χ1v) is 14.6. The standard InChI is InChI=1S/C31H38FN3O5S/c1-30(2,3)39-28(37)34-15-11-20(12-16-34)22-7-8-24(23(32)19-22)33-27(36)26-10-9-25(41-26)21-13-17-35(18-14-21)29(38)40-31(4,5)6/h7-11,13,19H,12,14-18H2,1-6H3,(H,33,36). The lowest BCUT2D eigenvalue weighted by Gasteiger charge is -2.29. The second-order valence-electron chi connectivity index (χ2n) is 12.1. The smallest absolute Gasteiger partial charge is 0.410 e. The highest BCUT2D eigenvalue weighted by Gasteiger charge is 2.26. The predicted octanol–water partition coefficient (Wildman–Crippen LogP) is 7.19. The molecule has 2 aliphatic heterocycles. The van der Waals surface area contributed by atoms with Crippen molar-refractivity contribution in [3.8, 4) is 0 Å². The van der Waals surface area contributed by atoms with Crippen molar-refractivity contribution in [2.45, 2.75) is 65.6 Å². The molecule has 2 aliphatic rings. The first-order chi connectivity index (χ1) is 19.2. The quantitative estimate of drug-likeness (QED) is 0.412. The molecule has 0 atom stereocenters. The molecule has 1 N–H and O–H groups in total. The van der Waals surface area contributed by atoms with Gasteiger partial charge in [0.05, 0.1) is 10.6 Å². The molecule has 3 heterocycles. The van der Waals surface area contributed by atoms with Gasteiger partial charge in [0.25, 0.3) is 5.91 Å². The van der Waals surface area contributed by atoms with Crippen LogP contribution in [-0.2, 0) is 9.47 Å². The van der Waals surface area contributed by atoms with Crippen molar-refractivity contribution in [3.63, 3.8) is 0 Å². The molecule has 3 amide bonds. The number of benzene rings is 1. The summed E-state index contributed by atoms with van der Waals surface area (Å²) in [5, 5.41) is 2.68. The van der Waals surface area contributed by atoms with Crippen molar-refractivity contribution in [1.82, 2.24) is 9.80 Å². The summed E-state index contributed by atoms with van der Waals surface area (Å²) in [7, 11) is 0. The lowest BCUT2D eigenvalue weighted by molar-refractivity contribution is 0.0260. The monoisotopic (exact) mass is 583 g/mol. The number of amides is 3. The number of hydrogen-bond acceptors (Lipinski definition) is 6. The van der Waals surface area contributed by atoms with Gasteiger partial charge < -0.3 is 24.6 Å². The Labute approximate surface area is 244 Å². The second kappa shape index (κ2) is 12.1. The summed E-state index contributed by atoms with van der Waals surface area (Å²) in [6.07, 6.45) is 4.41. The third-order valence-corrected chi connectivity index (χ3v) is 7.62. The molecule has 10 heteroatoms. The van der Waals surface area contributed by atoms with E-state index in [1.807, 2.05) is 59.8 Å². The van der Waals surface area contributed by atoms with E-state index in [1.165, 1.54) is 17.4 Å². The van der Waals surface area contributed by atoms with Crippen molar-refractivity contribution in [1.29, 1.82) is 0 Å². The zero-order valence-electron chi connectivity index (χ0n) is 24.5. The predicted molar refractivity (Wildman–Crippen MR) is 159 cm³/mol. The van der Waals surface area contributed by atoms with E-state index in [9.17, 15) is 18.8 Å². The zero-order valence-corrected chi connectivity index (χ0v) is 25.3. The fraction of sp³-hybridized carbons (Fsp3) is 0.452. The van der Waals surface area contributed by atoms with Crippen molar-refractivity contribution < 1.29 is 28.2 Å². The van der Waals surface area contributed by atoms with Crippen molar-refractivity contribution in [3.05, 3.63) is 63.6 Å². The van der Waals surface area contributed by atoms with E-state index < -0.39 is 17.0 Å². The van der Waals surface area contributed by atoms with E-state index in [0.717, 1.165) is 16.0 Å². The molecule has 8 nitrogen and oxygen atoms in total. The van der Waals surface area contributed by atoms with Crippen LogP contribution in [0.25, 0.3) is 11.1 Å². The number of thiophene rings is 1. The molecule has 4 rings (SSSR count). The molecule has 0 aliphatic carbocycles. The van der Waals surface area contributed by atoms with Gasteiger partial charge in [0.1, 0.15) is 17.0 Å². The van der Waals surface area contributed by atoms with Gasteiger partial charge in [0, 0.05) is 31.1 Å². The van der Waals surface area contributed by atoms with E-state index in [2.05, 4.69) is 5.32 Å². The van der Waals surface area contributed by atoms with Crippen LogP contribution in [0, 0.1) is 5.82 Å². The van der Waals surface area contributed by atoms with Crippen LogP contribution < -0.4 is 5.32 Å². The highest BCUT2D eigenvalue weighted by Crippen LogP contribution is 2.31. The fourth-order valence-corrected chi connectivity index (χ4v) is 5.41. The number of ether oxygens (including phenoxy) is 2. The van der Waals surface area contributed by atoms with E-state index in [4.69, 9.17) is 9.47 Å². The Morgan fingerprint density at radius 3 is 1.88 bits per heavy atom. The number of carbonyl (C=O) groups is 3. The molecule has 41 heavy (non-hydrogen) atoms. The molecule has 0 saturated carbocycles. The van der Waals surface area contributed by atoms with E-state index >= 15 is 0 Å². The summed E-state index contributed by atoms with van der Waals surface area (Å²) < 4.78 is 25.9. The highest BCUT2D eigenvalue weighted by molar-refractivity contribution is 7.15. The maximum absolute atomic E-state index is 15.0. The molecule has 1 aromatic heterocycles. The van der Waals surface area contributed by atoms with Gasteiger partial charge in [-0.1, -0.05) is 18.2 Å². The Morgan fingerprint density at radius 2 is 1.39 bits per heavy atom. The Kier molecular flexibility index (Phi) is 8.91. The molecule has 0 bridgehead atoms. The minimum absolute atomic E-state index is 0.102. The molecule has 1 aromatic carbocycles. The first kappa shape index (κ1) is 30.3. The summed E-state index contributed by atoms with van der Waals surface area (Å²) in [5.41, 5.74) is 1.71. The molecular weight excluding hydrogens is 545 g/mol. The molecule has 220 valence electrons. The van der Waals surface area contributed by atoms with E-state index in [1.54, 1.807) is 28.0 Å². The molecule has 2 aromatic rings. The summed E-state index contributed by atoms with van der Waals surface area (Å²) in [6.45, 7) is 12.8. The molecule has 0 spiro atoms. The minimum atomic E-state index is -0.562. The van der Waals surface area contributed by atoms with Gasteiger partial charge in [0.15, 0.2) is 0 Å². The summed E-state index contributed by atoms with van der Waals surface area (Å²) in [5.74, 6) is -0.912. The van der Waals surface area contributed by atoms with Crippen molar-refractivity contribution in [2.24, 2.45) is 0 Å². The van der Waals surface area contributed by atoms with E-state index in [-0.39, 0.29) is 23.8 Å². The van der Waals surface area contributed by atoms with Crippen LogP contribution in [0.15, 0.2) is 42.5 Å². The number of halogens is 1. The molecule has 0 radical (unpaired) electrons. The molecule has 0 fully saturated rings. The SMILES string of the molecule is CC(C)(C)OC(=O)N1CC=C(c2ccc(NC(=O)c3ccc(C4=CCN(C(=O)OC(C)(C)C)CC4)s3)c(F)c2)CC1. The maximum Gasteiger partial charge on any atom is 0.410 e. The summed E-state index contributed by atoms with van der Waals surface area (Å²) in [4.78, 5) is 42.2. The number of carbonyl (C=O) groups excluding carboxylic acids is 3. The summed E-state index contributed by atoms with van der Waals surface area (Å²) in [6, 6.07) is 8.35. The number of nitrogens with one attached hydrogen (secondary N) is 1. The molecule has 0 saturated heterocycles. The van der Waals surface area contributed by atoms with Crippen LogP contribution in [0.2, 0.25) is 0 Å². The Balaban J connectivity index is 1.34. The van der Waals surface area contributed by atoms with Gasteiger partial charge in [-0.15, -0.1) is 11.3 Å². The Hall–Kier alpha value is -3.66. The first-order valence-electron chi connectivity index (χ1n) is 13.7. The average molecular weight is 584 g/mol. The van der Waals surface area contributed by atoms with Crippen LogP contribution in [0.4, 0.5) is 19.7 Å². The van der Waals surface area contributed by atoms with Crippen LogP contribution in [0.1, 0.15) is 74.5 Å². The lowest BCUT2D eigenvalue weighted by Crippen LogP contribution is -2.39. The third kappa shape index (κ3) is 8.19. The number of nitrogens with zero attached hydrogens (tertiary/aromatic N) is 2. The van der Waals surface area contributed by atoms with Crippen LogP contribution >= 0.6 is 11.3 Å². The van der Waals surface area contributed by atoms with E-state index in [0.29, 0.717) is 49.5 Å². The van der Waals surface area contributed by atoms with Crippen molar-refractivity contribution in [2.75, 3.05) is 31.5 Å². The number of anilines is 1. The maximum atomic E-state index is 15.0. The van der Waals surface area contributed by atoms with Gasteiger partial charge >= 0.3 is 12.2 Å². The number of rotatable bonds is 4. The average Bonchev–Trinajstić information content (AvgIpc) is 3.39. The molecule has 0 unspecified atom stereocenters. The van der Waals surface area contributed by atoms with Gasteiger partial charge in [0.2, 0.25) is 0 Å².